The van der Waals surface area contributed by atoms with Gasteiger partial charge in [0.1, 0.15) is 0 Å². The average molecular weight is 292 g/mol. The van der Waals surface area contributed by atoms with Crippen molar-refractivity contribution in [3.63, 3.8) is 0 Å². The summed E-state index contributed by atoms with van der Waals surface area (Å²) in [5.74, 6) is 0. The van der Waals surface area contributed by atoms with Crippen molar-refractivity contribution in [1.82, 2.24) is 15.3 Å². The number of hydrogen-bond donors (Lipinski definition) is 1. The van der Waals surface area contributed by atoms with Crippen LogP contribution in [0.4, 0.5) is 0 Å². The van der Waals surface area contributed by atoms with Crippen LogP contribution in [0.25, 0.3) is 0 Å². The Labute approximate surface area is 109 Å². The summed E-state index contributed by atoms with van der Waals surface area (Å²) in [7, 11) is 1.92. The molecule has 1 aromatic heterocycles. The van der Waals surface area contributed by atoms with E-state index in [0.717, 1.165) is 10.2 Å². The fourth-order valence-electron chi connectivity index (χ4n) is 1.79. The number of benzene rings is 1. The zero-order chi connectivity index (χ0) is 12.3. The van der Waals surface area contributed by atoms with E-state index in [1.807, 2.05) is 7.05 Å². The lowest BCUT2D eigenvalue weighted by Crippen LogP contribution is -2.19. The molecule has 1 unspecified atom stereocenters. The molecule has 0 aliphatic rings. The molecule has 0 aliphatic heterocycles. The molecule has 17 heavy (non-hydrogen) atoms. The van der Waals surface area contributed by atoms with E-state index in [9.17, 15) is 0 Å². The van der Waals surface area contributed by atoms with Gasteiger partial charge in [-0.1, -0.05) is 28.1 Å². The number of nitrogens with one attached hydrogen (secondary N) is 1. The molecule has 2 rings (SSSR count). The van der Waals surface area contributed by atoms with E-state index in [1.165, 1.54) is 11.1 Å². The third-order valence-corrected chi connectivity index (χ3v) is 3.32. The van der Waals surface area contributed by atoms with Gasteiger partial charge < -0.3 is 5.32 Å². The molecule has 0 bridgehead atoms. The average Bonchev–Trinajstić information content (AvgIpc) is 2.34. The molecule has 1 N–H and O–H groups in total. The molecule has 1 aromatic carbocycles. The summed E-state index contributed by atoms with van der Waals surface area (Å²) in [5, 5.41) is 3.26. The number of rotatable bonds is 3. The van der Waals surface area contributed by atoms with Crippen LogP contribution in [0.1, 0.15) is 22.9 Å². The van der Waals surface area contributed by atoms with E-state index in [0.29, 0.717) is 0 Å². The molecular formula is C13H14BrN3. The highest BCUT2D eigenvalue weighted by atomic mass is 79.9. The molecule has 0 spiro atoms. The van der Waals surface area contributed by atoms with E-state index >= 15 is 0 Å². The summed E-state index contributed by atoms with van der Waals surface area (Å²) in [4.78, 5) is 8.45. The largest absolute Gasteiger partial charge is 0.308 e. The third-order valence-electron chi connectivity index (χ3n) is 2.63. The number of nitrogens with zero attached hydrogens (tertiary/aromatic N) is 2. The van der Waals surface area contributed by atoms with Crippen molar-refractivity contribution < 1.29 is 0 Å². The molecule has 0 saturated carbocycles. The fourth-order valence-corrected chi connectivity index (χ4v) is 2.51. The highest BCUT2D eigenvalue weighted by Crippen LogP contribution is 2.27. The van der Waals surface area contributed by atoms with Gasteiger partial charge in [-0.25, -0.2) is 0 Å². The summed E-state index contributed by atoms with van der Waals surface area (Å²) in [6.45, 7) is 2.07. The first-order valence-corrected chi connectivity index (χ1v) is 6.21. The maximum absolute atomic E-state index is 4.34. The van der Waals surface area contributed by atoms with E-state index in [4.69, 9.17) is 0 Å². The monoisotopic (exact) mass is 291 g/mol. The Bertz CT molecular complexity index is 499. The minimum absolute atomic E-state index is 0.0543. The topological polar surface area (TPSA) is 37.8 Å². The molecule has 2 aromatic rings. The first-order valence-electron chi connectivity index (χ1n) is 5.41. The zero-order valence-electron chi connectivity index (χ0n) is 9.81. The first-order chi connectivity index (χ1) is 8.22. The standard InChI is InChI=1S/C13H14BrN3/c1-9-3-4-10(11(14)7-9)13(15-2)12-8-16-5-6-17-12/h3-8,13,15H,1-2H3. The highest BCUT2D eigenvalue weighted by Gasteiger charge is 2.16. The fraction of sp³-hybridized carbons (Fsp3) is 0.231. The van der Waals surface area contributed by atoms with Gasteiger partial charge in [-0.15, -0.1) is 0 Å². The summed E-state index contributed by atoms with van der Waals surface area (Å²) in [5.41, 5.74) is 3.31. The van der Waals surface area contributed by atoms with Crippen molar-refractivity contribution in [3.8, 4) is 0 Å². The molecule has 1 heterocycles. The van der Waals surface area contributed by atoms with Crippen molar-refractivity contribution in [2.24, 2.45) is 0 Å². The Balaban J connectivity index is 2.42. The van der Waals surface area contributed by atoms with Crippen LogP contribution in [-0.4, -0.2) is 17.0 Å². The molecule has 0 radical (unpaired) electrons. The Morgan fingerprint density at radius 3 is 2.71 bits per heavy atom. The Morgan fingerprint density at radius 2 is 2.12 bits per heavy atom. The van der Waals surface area contributed by atoms with E-state index < -0.39 is 0 Å². The second kappa shape index (κ2) is 5.38. The maximum atomic E-state index is 4.34. The Kier molecular flexibility index (Phi) is 3.86. The molecule has 3 nitrogen and oxygen atoms in total. The molecular weight excluding hydrogens is 278 g/mol. The molecule has 0 amide bonds. The summed E-state index contributed by atoms with van der Waals surface area (Å²) in [6.07, 6.45) is 5.18. The van der Waals surface area contributed by atoms with Gasteiger partial charge in [-0.05, 0) is 31.2 Å². The highest BCUT2D eigenvalue weighted by molar-refractivity contribution is 9.10. The number of hydrogen-bond acceptors (Lipinski definition) is 3. The lowest BCUT2D eigenvalue weighted by Gasteiger charge is -2.17. The van der Waals surface area contributed by atoms with Crippen LogP contribution in [0.5, 0.6) is 0 Å². The van der Waals surface area contributed by atoms with Crippen LogP contribution >= 0.6 is 15.9 Å². The summed E-state index contributed by atoms with van der Waals surface area (Å²) >= 11 is 3.60. The van der Waals surface area contributed by atoms with Gasteiger partial charge in [-0.2, -0.15) is 0 Å². The zero-order valence-corrected chi connectivity index (χ0v) is 11.4. The molecule has 0 aliphatic carbocycles. The number of aryl methyl sites for hydroxylation is 1. The van der Waals surface area contributed by atoms with Crippen LogP contribution < -0.4 is 5.32 Å². The van der Waals surface area contributed by atoms with Crippen LogP contribution in [0.2, 0.25) is 0 Å². The van der Waals surface area contributed by atoms with Crippen LogP contribution in [0.3, 0.4) is 0 Å². The molecule has 0 saturated heterocycles. The summed E-state index contributed by atoms with van der Waals surface area (Å²) in [6, 6.07) is 6.37. The molecule has 0 fully saturated rings. The smallest absolute Gasteiger partial charge is 0.0801 e. The van der Waals surface area contributed by atoms with Crippen LogP contribution in [0, 0.1) is 6.92 Å². The van der Waals surface area contributed by atoms with Crippen molar-refractivity contribution in [2.75, 3.05) is 7.05 Å². The van der Waals surface area contributed by atoms with Crippen LogP contribution in [0.15, 0.2) is 41.3 Å². The maximum Gasteiger partial charge on any atom is 0.0801 e. The molecule has 4 heteroatoms. The lowest BCUT2D eigenvalue weighted by atomic mass is 10.0. The normalized spacial score (nSPS) is 12.4. The molecule has 88 valence electrons. The minimum Gasteiger partial charge on any atom is -0.308 e. The SMILES string of the molecule is CNC(c1cnccn1)c1ccc(C)cc1Br. The predicted molar refractivity (Wildman–Crippen MR) is 71.8 cm³/mol. The number of halogens is 1. The number of aromatic nitrogens is 2. The molecule has 1 atom stereocenters. The third kappa shape index (κ3) is 2.70. The van der Waals surface area contributed by atoms with Gasteiger partial charge in [0.25, 0.3) is 0 Å². The van der Waals surface area contributed by atoms with Crippen molar-refractivity contribution in [2.45, 2.75) is 13.0 Å². The summed E-state index contributed by atoms with van der Waals surface area (Å²) < 4.78 is 1.09. The Hall–Kier alpha value is -1.26. The first kappa shape index (κ1) is 12.2. The minimum atomic E-state index is 0.0543. The van der Waals surface area contributed by atoms with Gasteiger partial charge in [0, 0.05) is 16.9 Å². The van der Waals surface area contributed by atoms with E-state index in [-0.39, 0.29) is 6.04 Å². The van der Waals surface area contributed by atoms with E-state index in [2.05, 4.69) is 56.3 Å². The van der Waals surface area contributed by atoms with Crippen molar-refractivity contribution in [1.29, 1.82) is 0 Å². The Morgan fingerprint density at radius 1 is 1.29 bits per heavy atom. The van der Waals surface area contributed by atoms with Gasteiger partial charge in [0.05, 0.1) is 17.9 Å². The van der Waals surface area contributed by atoms with Gasteiger partial charge in [0.15, 0.2) is 0 Å². The van der Waals surface area contributed by atoms with Crippen LogP contribution in [-0.2, 0) is 0 Å². The van der Waals surface area contributed by atoms with Gasteiger partial charge in [-0.3, -0.25) is 9.97 Å². The van der Waals surface area contributed by atoms with Crippen molar-refractivity contribution >= 4 is 15.9 Å². The van der Waals surface area contributed by atoms with Gasteiger partial charge >= 0.3 is 0 Å². The lowest BCUT2D eigenvalue weighted by molar-refractivity contribution is 0.664. The van der Waals surface area contributed by atoms with Gasteiger partial charge in [0.2, 0.25) is 0 Å². The van der Waals surface area contributed by atoms with Crippen molar-refractivity contribution in [3.05, 3.63) is 58.1 Å². The quantitative estimate of drug-likeness (QED) is 0.945. The predicted octanol–water partition coefficient (Wildman–Crippen LogP) is 2.86. The second-order valence-corrected chi connectivity index (χ2v) is 4.73. The second-order valence-electron chi connectivity index (χ2n) is 3.88. The van der Waals surface area contributed by atoms with E-state index in [1.54, 1.807) is 18.6 Å².